The molecular formula is C17H24O. The van der Waals surface area contributed by atoms with Crippen molar-refractivity contribution in [1.29, 1.82) is 0 Å². The Kier molecular flexibility index (Phi) is 4.98. The van der Waals surface area contributed by atoms with Crippen molar-refractivity contribution in [2.75, 3.05) is 0 Å². The Balaban J connectivity index is 1.85. The highest BCUT2D eigenvalue weighted by Crippen LogP contribution is 2.35. The van der Waals surface area contributed by atoms with E-state index < -0.39 is 0 Å². The van der Waals surface area contributed by atoms with Gasteiger partial charge in [0, 0.05) is 12.0 Å². The molecule has 1 nitrogen and oxygen atoms in total. The molecule has 0 radical (unpaired) electrons. The van der Waals surface area contributed by atoms with Gasteiger partial charge in [0.25, 0.3) is 0 Å². The summed E-state index contributed by atoms with van der Waals surface area (Å²) in [5, 5.41) is 0. The van der Waals surface area contributed by atoms with E-state index in [4.69, 9.17) is 0 Å². The van der Waals surface area contributed by atoms with Crippen molar-refractivity contribution >= 4 is 5.78 Å². The van der Waals surface area contributed by atoms with E-state index in [2.05, 4.69) is 6.92 Å². The predicted molar refractivity (Wildman–Crippen MR) is 75.7 cm³/mol. The lowest BCUT2D eigenvalue weighted by Gasteiger charge is -2.30. The summed E-state index contributed by atoms with van der Waals surface area (Å²) in [5.74, 6) is 1.97. The Morgan fingerprint density at radius 1 is 1.11 bits per heavy atom. The van der Waals surface area contributed by atoms with Crippen molar-refractivity contribution < 1.29 is 4.79 Å². The fraction of sp³-hybridized carbons (Fsp3) is 0.588. The van der Waals surface area contributed by atoms with E-state index in [1.54, 1.807) is 0 Å². The van der Waals surface area contributed by atoms with Crippen LogP contribution in [0.1, 0.15) is 62.2 Å². The first-order valence-corrected chi connectivity index (χ1v) is 7.39. The van der Waals surface area contributed by atoms with Crippen LogP contribution in [0.3, 0.4) is 0 Å². The van der Waals surface area contributed by atoms with Gasteiger partial charge < -0.3 is 0 Å². The molecule has 0 spiro atoms. The van der Waals surface area contributed by atoms with Gasteiger partial charge in [-0.3, -0.25) is 4.79 Å². The van der Waals surface area contributed by atoms with Gasteiger partial charge >= 0.3 is 0 Å². The van der Waals surface area contributed by atoms with E-state index in [0.717, 1.165) is 30.2 Å². The summed E-state index contributed by atoms with van der Waals surface area (Å²) in [6.45, 7) is 2.29. The molecule has 1 saturated carbocycles. The molecule has 0 saturated heterocycles. The second-order valence-corrected chi connectivity index (χ2v) is 5.54. The zero-order valence-electron chi connectivity index (χ0n) is 11.4. The van der Waals surface area contributed by atoms with Gasteiger partial charge in [0.1, 0.15) is 0 Å². The molecule has 0 aliphatic heterocycles. The molecule has 2 rings (SSSR count). The number of carbonyl (C=O) groups is 1. The van der Waals surface area contributed by atoms with Crippen LogP contribution < -0.4 is 0 Å². The predicted octanol–water partition coefficient (Wildman–Crippen LogP) is 4.87. The summed E-state index contributed by atoms with van der Waals surface area (Å²) >= 11 is 0. The summed E-state index contributed by atoms with van der Waals surface area (Å²) in [6, 6.07) is 9.72. The molecule has 1 aromatic rings. The minimum Gasteiger partial charge on any atom is -0.294 e. The molecule has 0 aromatic heterocycles. The van der Waals surface area contributed by atoms with Gasteiger partial charge in [-0.2, -0.15) is 0 Å². The van der Waals surface area contributed by atoms with Crippen LogP contribution in [-0.4, -0.2) is 5.78 Å². The van der Waals surface area contributed by atoms with E-state index in [0.29, 0.717) is 5.78 Å². The standard InChI is InChI=1S/C17H24O/c1-2-14-8-6-7-9-15(14)12-13-17(18)16-10-4-3-5-11-16/h3-5,10-11,14-15H,2,6-9,12-13H2,1H3. The first-order chi connectivity index (χ1) is 8.81. The van der Waals surface area contributed by atoms with Gasteiger partial charge in [0.15, 0.2) is 5.78 Å². The minimum absolute atomic E-state index is 0.316. The topological polar surface area (TPSA) is 17.1 Å². The van der Waals surface area contributed by atoms with Crippen LogP contribution >= 0.6 is 0 Å². The van der Waals surface area contributed by atoms with Crippen LogP contribution in [0.25, 0.3) is 0 Å². The highest BCUT2D eigenvalue weighted by atomic mass is 16.1. The van der Waals surface area contributed by atoms with Crippen LogP contribution in [0.5, 0.6) is 0 Å². The van der Waals surface area contributed by atoms with Gasteiger partial charge in [-0.05, 0) is 18.3 Å². The molecule has 1 aliphatic rings. The number of hydrogen-bond acceptors (Lipinski definition) is 1. The molecule has 18 heavy (non-hydrogen) atoms. The maximum atomic E-state index is 12.1. The molecule has 0 bridgehead atoms. The van der Waals surface area contributed by atoms with Gasteiger partial charge in [-0.1, -0.05) is 69.4 Å². The molecular weight excluding hydrogens is 220 g/mol. The molecule has 98 valence electrons. The fourth-order valence-corrected chi connectivity index (χ4v) is 3.29. The van der Waals surface area contributed by atoms with E-state index in [-0.39, 0.29) is 0 Å². The Morgan fingerprint density at radius 2 is 1.78 bits per heavy atom. The molecule has 1 aromatic carbocycles. The zero-order chi connectivity index (χ0) is 12.8. The maximum absolute atomic E-state index is 12.1. The van der Waals surface area contributed by atoms with Crippen LogP contribution in [0.15, 0.2) is 30.3 Å². The van der Waals surface area contributed by atoms with E-state index in [1.807, 2.05) is 30.3 Å². The smallest absolute Gasteiger partial charge is 0.162 e. The van der Waals surface area contributed by atoms with Gasteiger partial charge in [-0.15, -0.1) is 0 Å². The van der Waals surface area contributed by atoms with Gasteiger partial charge in [0.2, 0.25) is 0 Å². The quantitative estimate of drug-likeness (QED) is 0.676. The largest absolute Gasteiger partial charge is 0.294 e. The second-order valence-electron chi connectivity index (χ2n) is 5.54. The summed E-state index contributed by atoms with van der Waals surface area (Å²) < 4.78 is 0. The fourth-order valence-electron chi connectivity index (χ4n) is 3.29. The first-order valence-electron chi connectivity index (χ1n) is 7.39. The summed E-state index contributed by atoms with van der Waals surface area (Å²) in [7, 11) is 0. The third-order valence-electron chi connectivity index (χ3n) is 4.43. The molecule has 0 amide bonds. The number of Topliss-reactive ketones (excluding diaryl/α,β-unsaturated/α-hetero) is 1. The lowest BCUT2D eigenvalue weighted by atomic mass is 9.75. The van der Waals surface area contributed by atoms with Crippen molar-refractivity contribution in [1.82, 2.24) is 0 Å². The van der Waals surface area contributed by atoms with E-state index in [1.165, 1.54) is 32.1 Å². The maximum Gasteiger partial charge on any atom is 0.162 e. The number of benzene rings is 1. The summed E-state index contributed by atoms with van der Waals surface area (Å²) in [4.78, 5) is 12.1. The van der Waals surface area contributed by atoms with Crippen LogP contribution in [0.2, 0.25) is 0 Å². The Hall–Kier alpha value is -1.11. The minimum atomic E-state index is 0.316. The Labute approximate surface area is 111 Å². The van der Waals surface area contributed by atoms with Gasteiger partial charge in [-0.25, -0.2) is 0 Å². The van der Waals surface area contributed by atoms with Crippen molar-refractivity contribution in [3.63, 3.8) is 0 Å². The second kappa shape index (κ2) is 6.72. The first kappa shape index (κ1) is 13.3. The summed E-state index contributed by atoms with van der Waals surface area (Å²) in [6.07, 6.45) is 8.56. The van der Waals surface area contributed by atoms with Crippen molar-refractivity contribution in [2.45, 2.75) is 51.9 Å². The van der Waals surface area contributed by atoms with E-state index >= 15 is 0 Å². The van der Waals surface area contributed by atoms with Crippen molar-refractivity contribution in [2.24, 2.45) is 11.8 Å². The summed E-state index contributed by atoms with van der Waals surface area (Å²) in [5.41, 5.74) is 0.876. The Bertz CT molecular complexity index is 368. The molecule has 1 aliphatic carbocycles. The highest BCUT2D eigenvalue weighted by molar-refractivity contribution is 5.95. The molecule has 2 unspecified atom stereocenters. The van der Waals surface area contributed by atoms with E-state index in [9.17, 15) is 4.79 Å². The SMILES string of the molecule is CCC1CCCCC1CCC(=O)c1ccccc1. The molecule has 2 atom stereocenters. The van der Waals surface area contributed by atoms with Gasteiger partial charge in [0.05, 0.1) is 0 Å². The average molecular weight is 244 g/mol. The normalized spacial score (nSPS) is 23.8. The van der Waals surface area contributed by atoms with Crippen molar-refractivity contribution in [3.8, 4) is 0 Å². The monoisotopic (exact) mass is 244 g/mol. The van der Waals surface area contributed by atoms with Crippen LogP contribution in [0.4, 0.5) is 0 Å². The lowest BCUT2D eigenvalue weighted by Crippen LogP contribution is -2.19. The average Bonchev–Trinajstić information content (AvgIpc) is 2.46. The number of rotatable bonds is 5. The molecule has 1 fully saturated rings. The van der Waals surface area contributed by atoms with Crippen molar-refractivity contribution in [3.05, 3.63) is 35.9 Å². The lowest BCUT2D eigenvalue weighted by molar-refractivity contribution is 0.0959. The highest BCUT2D eigenvalue weighted by Gasteiger charge is 2.24. The third-order valence-corrected chi connectivity index (χ3v) is 4.43. The van der Waals surface area contributed by atoms with Crippen LogP contribution in [0, 0.1) is 11.8 Å². The molecule has 0 N–H and O–H groups in total. The number of ketones is 1. The molecule has 1 heteroatoms. The number of carbonyl (C=O) groups excluding carboxylic acids is 1. The zero-order valence-corrected chi connectivity index (χ0v) is 11.4. The number of hydrogen-bond donors (Lipinski definition) is 0. The van der Waals surface area contributed by atoms with Crippen LogP contribution in [-0.2, 0) is 0 Å². The Morgan fingerprint density at radius 3 is 2.44 bits per heavy atom. The molecule has 0 heterocycles. The third kappa shape index (κ3) is 3.44.